The molecule has 7 aliphatic carbocycles. The number of allylic oxidation sites excluding steroid dienone is 6. The summed E-state index contributed by atoms with van der Waals surface area (Å²) in [5, 5.41) is 0. The van der Waals surface area contributed by atoms with E-state index in [0.29, 0.717) is 46.3 Å². The van der Waals surface area contributed by atoms with Crippen LogP contribution in [0.5, 0.6) is 0 Å². The van der Waals surface area contributed by atoms with E-state index >= 15 is 0 Å². The summed E-state index contributed by atoms with van der Waals surface area (Å²) in [4.78, 5) is 0. The monoisotopic (exact) mass is 1880 g/mol. The number of hydrogen-bond donors (Lipinski definition) is 0. The first-order chi connectivity index (χ1) is 63.1. The third kappa shape index (κ3) is 67.1. The Labute approximate surface area is 821 Å². The van der Waals surface area contributed by atoms with Crippen LogP contribution < -0.4 is 0 Å². The lowest BCUT2D eigenvalue weighted by Gasteiger charge is -2.24. The molecule has 4 saturated carbocycles. The number of aryl methyl sites for hydroxylation is 8. The lowest BCUT2D eigenvalue weighted by molar-refractivity contribution is -0.187. The molecular formula is C122H202F6O6. The van der Waals surface area contributed by atoms with Gasteiger partial charge in [-0.15, -0.1) is 0 Å². The van der Waals surface area contributed by atoms with E-state index in [4.69, 9.17) is 28.4 Å². The molecule has 8 unspecified atom stereocenters. The van der Waals surface area contributed by atoms with Gasteiger partial charge in [-0.25, -0.2) is 26.3 Å². The fourth-order valence-electron chi connectivity index (χ4n) is 16.0. The predicted octanol–water partition coefficient (Wildman–Crippen LogP) is 37.5. The summed E-state index contributed by atoms with van der Waals surface area (Å²) < 4.78 is 107. The van der Waals surface area contributed by atoms with Crippen molar-refractivity contribution in [1.29, 1.82) is 0 Å². The quantitative estimate of drug-likeness (QED) is 0.114. The van der Waals surface area contributed by atoms with Crippen LogP contribution in [0.15, 0.2) is 120 Å². The van der Waals surface area contributed by atoms with Gasteiger partial charge in [-0.05, 0) is 340 Å². The molecule has 12 heteroatoms. The van der Waals surface area contributed by atoms with Crippen molar-refractivity contribution in [2.45, 2.75) is 426 Å². The van der Waals surface area contributed by atoms with Crippen LogP contribution in [-0.2, 0) is 28.4 Å². The number of rotatable bonds is 0. The van der Waals surface area contributed by atoms with Crippen molar-refractivity contribution in [2.75, 3.05) is 39.6 Å². The van der Waals surface area contributed by atoms with Gasteiger partial charge in [0.1, 0.15) is 34.9 Å². The zero-order valence-electron chi connectivity index (χ0n) is 91.7. The van der Waals surface area contributed by atoms with Gasteiger partial charge in [0.2, 0.25) is 0 Å². The van der Waals surface area contributed by atoms with Gasteiger partial charge in [0.25, 0.3) is 0 Å². The minimum absolute atomic E-state index is 0.0196. The Bertz CT molecular complexity index is 3290. The van der Waals surface area contributed by atoms with E-state index in [9.17, 15) is 26.3 Å². The molecular weight excluding hydrogens is 1680 g/mol. The van der Waals surface area contributed by atoms with Crippen LogP contribution in [0.2, 0.25) is 0 Å². The molecule has 0 bridgehead atoms. The molecule has 0 N–H and O–H groups in total. The maximum atomic E-state index is 12.6. The molecule has 4 heterocycles. The molecule has 134 heavy (non-hydrogen) atoms. The Morgan fingerprint density at radius 3 is 0.597 bits per heavy atom. The lowest BCUT2D eigenvalue weighted by Crippen LogP contribution is -2.27. The predicted molar refractivity (Wildman–Crippen MR) is 565 cm³/mol. The SMILES string of the molecule is CC1=CCC(C)CC1.CC1=CCC(C)CC1.CC1C=CC(C)CC1.CC1CCC(C)CC1.CC1CCC(C)CC1.CC1CCC(C)CC1.CC1CCC(C)CC1.CC1CCC(C)OC1.CC1CCC(C)OC1.CC1COC(C)OC1.CC1COC(C)OC1.Cc1cc(F)c(C)c(F)c1.Cc1cc(F)c(C)c(F)c1.Cc1ccc(C)c(F)c1.Cc1ccc(C)c(F)c1.Cc1ccc(C)cc1. The van der Waals surface area contributed by atoms with Gasteiger partial charge >= 0.3 is 0 Å². The maximum Gasteiger partial charge on any atom is 0.154 e. The molecule has 4 aliphatic heterocycles. The van der Waals surface area contributed by atoms with Crippen molar-refractivity contribution in [2.24, 2.45) is 94.7 Å². The van der Waals surface area contributed by atoms with E-state index in [-0.39, 0.29) is 35.3 Å². The fourth-order valence-corrected chi connectivity index (χ4v) is 16.0. The summed E-state index contributed by atoms with van der Waals surface area (Å²) in [7, 11) is 0. The van der Waals surface area contributed by atoms with Crippen molar-refractivity contribution in [3.05, 3.63) is 211 Å². The van der Waals surface area contributed by atoms with Crippen LogP contribution in [0.4, 0.5) is 26.3 Å². The molecule has 5 aromatic rings. The van der Waals surface area contributed by atoms with Gasteiger partial charge in [-0.2, -0.15) is 0 Å². The summed E-state index contributed by atoms with van der Waals surface area (Å²) in [5.74, 6) is 12.3. The third-order valence-electron chi connectivity index (χ3n) is 27.5. The standard InChI is InChI=1S/2C8H8F2.2C8H9F.4C8H16.3C8H14.C8H10.2C7H14O.2C6H12O2/c2*1-5-3-7(9)6(2)8(10)4-5;2*1-6-3-4-7(2)8(9)5-6;8*1-7-3-5-8(2)6-4-7;2*1-6-3-4-7(2)8-5-6;2*1-5-3-7-6(2)8-4-5/h2*3-4H,1-2H3;2*3-5H,1-2H3;4*7-8H,3-6H2,1-2H3;2*3,8H,4-6H2,1-2H3;3,5,7-8H,4,6H2,1-2H3;3-6H,1-2H3;2*6-7H,3-5H2,1-2H3;2*5-6H,3-4H2,1-2H3. The van der Waals surface area contributed by atoms with Gasteiger partial charge < -0.3 is 28.4 Å². The van der Waals surface area contributed by atoms with Gasteiger partial charge in [-0.3, -0.25) is 0 Å². The highest BCUT2D eigenvalue weighted by Gasteiger charge is 2.21. The van der Waals surface area contributed by atoms with Gasteiger partial charge in [0.05, 0.1) is 38.6 Å². The van der Waals surface area contributed by atoms with Gasteiger partial charge in [-0.1, -0.05) is 309 Å². The number of hydrogen-bond acceptors (Lipinski definition) is 6. The van der Waals surface area contributed by atoms with Crippen molar-refractivity contribution >= 4 is 0 Å². The highest BCUT2D eigenvalue weighted by atomic mass is 19.2. The first-order valence-corrected chi connectivity index (χ1v) is 53.1. The van der Waals surface area contributed by atoms with Crippen LogP contribution in [-0.4, -0.2) is 64.4 Å². The van der Waals surface area contributed by atoms with Crippen molar-refractivity contribution in [3.63, 3.8) is 0 Å². The smallest absolute Gasteiger partial charge is 0.154 e. The molecule has 0 spiro atoms. The molecule has 5 aromatic carbocycles. The molecule has 8 atom stereocenters. The average Bonchev–Trinajstić information content (AvgIpc) is 0.868. The molecule has 0 amide bonds. The van der Waals surface area contributed by atoms with E-state index < -0.39 is 23.3 Å². The summed E-state index contributed by atoms with van der Waals surface area (Å²) in [5.41, 5.74) is 10.6. The van der Waals surface area contributed by atoms with Crippen molar-refractivity contribution in [3.8, 4) is 0 Å². The van der Waals surface area contributed by atoms with E-state index in [0.717, 1.165) is 134 Å². The largest absolute Gasteiger partial charge is 0.378 e. The molecule has 11 aliphatic rings. The summed E-state index contributed by atoms with van der Waals surface area (Å²) in [6, 6.07) is 24.2. The topological polar surface area (TPSA) is 55.4 Å². The lowest BCUT2D eigenvalue weighted by atomic mass is 9.84. The zero-order chi connectivity index (χ0) is 101. The summed E-state index contributed by atoms with van der Waals surface area (Å²) in [6.45, 7) is 72.4. The van der Waals surface area contributed by atoms with Gasteiger partial charge in [0, 0.05) is 36.2 Å². The van der Waals surface area contributed by atoms with Crippen molar-refractivity contribution in [1.82, 2.24) is 0 Å². The Hall–Kier alpha value is -5.34. The normalized spacial score (nSPS) is 28.1. The molecule has 6 nitrogen and oxygen atoms in total. The van der Waals surface area contributed by atoms with Crippen LogP contribution >= 0.6 is 0 Å². The number of benzene rings is 5. The fraction of sp³-hybridized carbons (Fsp3) is 0.705. The van der Waals surface area contributed by atoms with E-state index in [1.165, 1.54) is 241 Å². The molecule has 8 fully saturated rings. The molecule has 4 saturated heterocycles. The highest BCUT2D eigenvalue weighted by molar-refractivity contribution is 5.26. The van der Waals surface area contributed by atoms with Crippen LogP contribution in [0.3, 0.4) is 0 Å². The zero-order valence-corrected chi connectivity index (χ0v) is 91.7. The third-order valence-corrected chi connectivity index (χ3v) is 27.5. The van der Waals surface area contributed by atoms with Crippen LogP contribution in [0.1, 0.15) is 388 Å². The highest BCUT2D eigenvalue weighted by Crippen LogP contribution is 2.32. The molecule has 0 radical (unpaired) electrons. The van der Waals surface area contributed by atoms with Crippen LogP contribution in [0.25, 0.3) is 0 Å². The van der Waals surface area contributed by atoms with E-state index in [2.05, 4.69) is 201 Å². The second kappa shape index (κ2) is 73.7. The average molecular weight is 1880 g/mol. The first-order valence-electron chi connectivity index (χ1n) is 53.1. The Morgan fingerprint density at radius 2 is 0.425 bits per heavy atom. The van der Waals surface area contributed by atoms with E-state index in [1.54, 1.807) is 51.0 Å². The number of ether oxygens (including phenoxy) is 6. The molecule has 0 aromatic heterocycles. The maximum absolute atomic E-state index is 12.6. The van der Waals surface area contributed by atoms with Gasteiger partial charge in [0.15, 0.2) is 12.6 Å². The summed E-state index contributed by atoms with van der Waals surface area (Å²) >= 11 is 0. The molecule has 16 rings (SSSR count). The Morgan fingerprint density at radius 1 is 0.209 bits per heavy atom. The second-order valence-corrected chi connectivity index (χ2v) is 43.9. The first kappa shape index (κ1) is 127. The minimum Gasteiger partial charge on any atom is -0.378 e. The summed E-state index contributed by atoms with van der Waals surface area (Å²) in [6.07, 6.45) is 50.1. The number of halogens is 6. The Balaban J connectivity index is 0.000000715. The minimum atomic E-state index is -0.475. The van der Waals surface area contributed by atoms with Crippen molar-refractivity contribution < 1.29 is 54.8 Å². The molecule has 768 valence electrons. The van der Waals surface area contributed by atoms with Crippen LogP contribution in [0, 0.1) is 199 Å². The van der Waals surface area contributed by atoms with E-state index in [1.807, 2.05) is 39.8 Å². The second-order valence-electron chi connectivity index (χ2n) is 43.9. The Kier molecular flexibility index (Phi) is 69.7.